The Labute approximate surface area is 90.0 Å². The Morgan fingerprint density at radius 2 is 2.20 bits per heavy atom. The summed E-state index contributed by atoms with van der Waals surface area (Å²) in [7, 11) is -2.05. The van der Waals surface area contributed by atoms with Crippen LogP contribution in [-0.2, 0) is 10.0 Å². The van der Waals surface area contributed by atoms with Crippen LogP contribution in [0.15, 0.2) is 23.2 Å². The van der Waals surface area contributed by atoms with E-state index in [0.29, 0.717) is 12.4 Å². The third-order valence-corrected chi connectivity index (χ3v) is 3.32. The van der Waals surface area contributed by atoms with Crippen LogP contribution >= 0.6 is 0 Å². The Hall–Kier alpha value is -1.14. The molecule has 0 aliphatic heterocycles. The van der Waals surface area contributed by atoms with Gasteiger partial charge in [-0.1, -0.05) is 6.92 Å². The van der Waals surface area contributed by atoms with Gasteiger partial charge in [-0.15, -0.1) is 0 Å². The van der Waals surface area contributed by atoms with E-state index >= 15 is 0 Å². The molecule has 1 heterocycles. The summed E-state index contributed by atoms with van der Waals surface area (Å²) in [6.45, 7) is 2.70. The van der Waals surface area contributed by atoms with Gasteiger partial charge in [0.15, 0.2) is 0 Å². The molecule has 0 aliphatic rings. The molecule has 1 aromatic heterocycles. The van der Waals surface area contributed by atoms with Gasteiger partial charge in [-0.2, -0.15) is 0 Å². The molecule has 0 atom stereocenters. The molecule has 0 unspecified atom stereocenters. The Bertz CT molecular complexity index is 417. The Morgan fingerprint density at radius 1 is 1.47 bits per heavy atom. The smallest absolute Gasteiger partial charge is 0.243 e. The van der Waals surface area contributed by atoms with Crippen molar-refractivity contribution in [1.82, 2.24) is 9.71 Å². The maximum Gasteiger partial charge on any atom is 0.243 e. The molecule has 15 heavy (non-hydrogen) atoms. The number of hydrogen-bond donors (Lipinski definition) is 2. The lowest BCUT2D eigenvalue weighted by molar-refractivity contribution is 0.588. The monoisotopic (exact) mass is 229 g/mol. The molecule has 5 nitrogen and oxygen atoms in total. The Morgan fingerprint density at radius 3 is 2.80 bits per heavy atom. The van der Waals surface area contributed by atoms with Crippen LogP contribution in [0, 0.1) is 0 Å². The summed E-state index contributed by atoms with van der Waals surface area (Å²) in [6, 6.07) is 3.12. The van der Waals surface area contributed by atoms with Crippen LogP contribution in [0.1, 0.15) is 13.3 Å². The molecule has 0 amide bonds. The third kappa shape index (κ3) is 2.90. The van der Waals surface area contributed by atoms with Crippen molar-refractivity contribution in [3.8, 4) is 0 Å². The fourth-order valence-corrected chi connectivity index (χ4v) is 1.95. The zero-order valence-corrected chi connectivity index (χ0v) is 9.63. The average molecular weight is 229 g/mol. The predicted octanol–water partition coefficient (Wildman–Crippen LogP) is 0.812. The maximum atomic E-state index is 11.6. The van der Waals surface area contributed by atoms with E-state index in [4.69, 9.17) is 0 Å². The minimum Gasteiger partial charge on any atom is -0.369 e. The van der Waals surface area contributed by atoms with Crippen LogP contribution < -0.4 is 10.0 Å². The van der Waals surface area contributed by atoms with Gasteiger partial charge in [-0.3, -0.25) is 0 Å². The number of pyridine rings is 1. The first-order valence-corrected chi connectivity index (χ1v) is 6.22. The fourth-order valence-electron chi connectivity index (χ4n) is 1.09. The van der Waals surface area contributed by atoms with Crippen molar-refractivity contribution in [3.63, 3.8) is 0 Å². The minimum absolute atomic E-state index is 0.181. The zero-order valence-electron chi connectivity index (χ0n) is 8.82. The molecule has 0 aliphatic carbocycles. The van der Waals surface area contributed by atoms with Gasteiger partial charge in [0.2, 0.25) is 10.0 Å². The highest BCUT2D eigenvalue weighted by Gasteiger charge is 2.16. The summed E-state index contributed by atoms with van der Waals surface area (Å²) in [5.74, 6) is 0.397. The molecule has 6 heteroatoms. The largest absolute Gasteiger partial charge is 0.369 e. The molecule has 0 aromatic carbocycles. The van der Waals surface area contributed by atoms with E-state index in [-0.39, 0.29) is 4.90 Å². The number of anilines is 1. The summed E-state index contributed by atoms with van der Waals surface area (Å²) >= 11 is 0. The van der Waals surface area contributed by atoms with E-state index in [1.165, 1.54) is 13.1 Å². The molecular weight excluding hydrogens is 214 g/mol. The zero-order chi connectivity index (χ0) is 11.3. The second-order valence-corrected chi connectivity index (χ2v) is 4.84. The average Bonchev–Trinajstić information content (AvgIpc) is 2.26. The van der Waals surface area contributed by atoms with Gasteiger partial charge in [-0.25, -0.2) is 18.1 Å². The predicted molar refractivity (Wildman–Crippen MR) is 59.3 cm³/mol. The van der Waals surface area contributed by atoms with Crippen LogP contribution in [0.5, 0.6) is 0 Å². The van der Waals surface area contributed by atoms with Gasteiger partial charge in [0.1, 0.15) is 10.7 Å². The lowest BCUT2D eigenvalue weighted by Gasteiger charge is -2.09. The quantitative estimate of drug-likeness (QED) is 0.784. The van der Waals surface area contributed by atoms with Crippen LogP contribution in [0.3, 0.4) is 0 Å². The first-order valence-electron chi connectivity index (χ1n) is 4.74. The van der Waals surface area contributed by atoms with Crippen molar-refractivity contribution >= 4 is 15.8 Å². The van der Waals surface area contributed by atoms with Gasteiger partial charge in [0.25, 0.3) is 0 Å². The summed E-state index contributed by atoms with van der Waals surface area (Å²) < 4.78 is 25.5. The number of nitrogens with zero attached hydrogens (tertiary/aromatic N) is 1. The summed E-state index contributed by atoms with van der Waals surface area (Å²) in [5, 5.41) is 2.97. The highest BCUT2D eigenvalue weighted by Crippen LogP contribution is 2.16. The van der Waals surface area contributed by atoms with E-state index in [2.05, 4.69) is 15.0 Å². The molecule has 0 radical (unpaired) electrons. The number of sulfonamides is 1. The molecule has 1 aromatic rings. The van der Waals surface area contributed by atoms with Crippen LogP contribution in [0.2, 0.25) is 0 Å². The number of hydrogen-bond acceptors (Lipinski definition) is 4. The van der Waals surface area contributed by atoms with Crippen molar-refractivity contribution in [2.75, 3.05) is 18.9 Å². The summed E-state index contributed by atoms with van der Waals surface area (Å²) in [5.41, 5.74) is 0. The standard InChI is InChI=1S/C9H15N3O2S/c1-3-6-11-9-8(5-4-7-12-9)15(13,14)10-2/h4-5,7,10H,3,6H2,1-2H3,(H,11,12). The van der Waals surface area contributed by atoms with Crippen molar-refractivity contribution in [2.45, 2.75) is 18.2 Å². The van der Waals surface area contributed by atoms with Crippen molar-refractivity contribution < 1.29 is 8.42 Å². The normalized spacial score (nSPS) is 11.3. The van der Waals surface area contributed by atoms with Gasteiger partial charge in [0.05, 0.1) is 0 Å². The van der Waals surface area contributed by atoms with Crippen molar-refractivity contribution in [2.24, 2.45) is 0 Å². The fraction of sp³-hybridized carbons (Fsp3) is 0.444. The lowest BCUT2D eigenvalue weighted by atomic mass is 10.4. The number of aromatic nitrogens is 1. The van der Waals surface area contributed by atoms with E-state index < -0.39 is 10.0 Å². The van der Waals surface area contributed by atoms with Gasteiger partial charge in [-0.05, 0) is 25.6 Å². The second-order valence-electron chi connectivity index (χ2n) is 2.98. The first-order chi connectivity index (χ1) is 7.11. The first kappa shape index (κ1) is 11.9. The van der Waals surface area contributed by atoms with Crippen LogP contribution in [-0.4, -0.2) is 27.0 Å². The van der Waals surface area contributed by atoms with Gasteiger partial charge in [0, 0.05) is 12.7 Å². The van der Waals surface area contributed by atoms with Gasteiger partial charge < -0.3 is 5.32 Å². The number of nitrogens with one attached hydrogen (secondary N) is 2. The van der Waals surface area contributed by atoms with Crippen LogP contribution in [0.25, 0.3) is 0 Å². The molecule has 0 bridgehead atoms. The molecule has 1 rings (SSSR count). The lowest BCUT2D eigenvalue weighted by Crippen LogP contribution is -2.20. The maximum absolute atomic E-state index is 11.6. The molecule has 2 N–H and O–H groups in total. The highest BCUT2D eigenvalue weighted by molar-refractivity contribution is 7.89. The second kappa shape index (κ2) is 5.09. The SMILES string of the molecule is CCCNc1ncccc1S(=O)(=O)NC. The van der Waals surface area contributed by atoms with Crippen LogP contribution in [0.4, 0.5) is 5.82 Å². The van der Waals surface area contributed by atoms with Crippen molar-refractivity contribution in [1.29, 1.82) is 0 Å². The molecule has 0 fully saturated rings. The Balaban J connectivity index is 3.07. The Kier molecular flexibility index (Phi) is 4.05. The highest BCUT2D eigenvalue weighted by atomic mass is 32.2. The number of rotatable bonds is 5. The van der Waals surface area contributed by atoms with E-state index in [1.807, 2.05) is 6.92 Å². The molecule has 84 valence electrons. The summed E-state index contributed by atoms with van der Waals surface area (Å²) in [6.07, 6.45) is 2.47. The minimum atomic E-state index is -3.43. The van der Waals surface area contributed by atoms with E-state index in [1.54, 1.807) is 12.3 Å². The van der Waals surface area contributed by atoms with E-state index in [9.17, 15) is 8.42 Å². The molecule has 0 spiro atoms. The van der Waals surface area contributed by atoms with Gasteiger partial charge >= 0.3 is 0 Å². The summed E-state index contributed by atoms with van der Waals surface area (Å²) in [4.78, 5) is 4.18. The molecular formula is C9H15N3O2S. The topological polar surface area (TPSA) is 71.1 Å². The van der Waals surface area contributed by atoms with Crippen molar-refractivity contribution in [3.05, 3.63) is 18.3 Å². The molecule has 0 saturated heterocycles. The third-order valence-electron chi connectivity index (χ3n) is 1.87. The van der Waals surface area contributed by atoms with E-state index in [0.717, 1.165) is 6.42 Å². The molecule has 0 saturated carbocycles.